The van der Waals surface area contributed by atoms with Crippen molar-refractivity contribution >= 4 is 0 Å². The zero-order valence-corrected chi connectivity index (χ0v) is 20.1. The van der Waals surface area contributed by atoms with Gasteiger partial charge in [0.05, 0.1) is 12.2 Å². The number of halogens is 3. The van der Waals surface area contributed by atoms with Gasteiger partial charge in [-0.05, 0) is 72.5 Å². The van der Waals surface area contributed by atoms with E-state index >= 15 is 0 Å². The van der Waals surface area contributed by atoms with E-state index in [-0.39, 0.29) is 6.04 Å². The fourth-order valence-electron chi connectivity index (χ4n) is 3.69. The van der Waals surface area contributed by atoms with E-state index in [1.807, 2.05) is 48.5 Å². The Balaban J connectivity index is 1.49. The van der Waals surface area contributed by atoms with Crippen molar-refractivity contribution in [2.75, 3.05) is 6.61 Å². The third kappa shape index (κ3) is 8.81. The maximum absolute atomic E-state index is 12.7. The van der Waals surface area contributed by atoms with Crippen molar-refractivity contribution in [2.45, 2.75) is 57.7 Å². The first-order valence-electron chi connectivity index (χ1n) is 12.1. The van der Waals surface area contributed by atoms with Gasteiger partial charge in [0.15, 0.2) is 0 Å². The van der Waals surface area contributed by atoms with Crippen LogP contribution in [0.5, 0.6) is 5.75 Å². The molecule has 0 aliphatic heterocycles. The Morgan fingerprint density at radius 1 is 0.771 bits per heavy atom. The molecular weight excluding hydrogens is 447 g/mol. The summed E-state index contributed by atoms with van der Waals surface area (Å²) in [5, 5.41) is 0. The van der Waals surface area contributed by atoms with Crippen LogP contribution in [-0.4, -0.2) is 6.61 Å². The molecule has 35 heavy (non-hydrogen) atoms. The molecule has 2 N–H and O–H groups in total. The summed E-state index contributed by atoms with van der Waals surface area (Å²) in [6.07, 6.45) is 2.26. The fraction of sp³-hybridized carbons (Fsp3) is 0.333. The smallest absolute Gasteiger partial charge is 0.416 e. The van der Waals surface area contributed by atoms with E-state index < -0.39 is 11.7 Å². The van der Waals surface area contributed by atoms with Gasteiger partial charge in [-0.1, -0.05) is 68.7 Å². The molecule has 5 heteroatoms. The number of ether oxygens (including phenoxy) is 1. The Morgan fingerprint density at radius 2 is 1.34 bits per heavy atom. The number of nitrogens with two attached hydrogens (primary N) is 1. The van der Waals surface area contributed by atoms with Gasteiger partial charge in [-0.2, -0.15) is 13.2 Å². The monoisotopic (exact) mass is 479 g/mol. The van der Waals surface area contributed by atoms with Crippen LogP contribution in [0.3, 0.4) is 0 Å². The van der Waals surface area contributed by atoms with Crippen LogP contribution in [0.15, 0.2) is 72.8 Å². The molecule has 0 bridgehead atoms. The molecule has 0 aliphatic rings. The molecule has 0 radical (unpaired) electrons. The zero-order chi connectivity index (χ0) is 25.1. The Morgan fingerprint density at radius 3 is 1.91 bits per heavy atom. The molecule has 0 aliphatic carbocycles. The maximum atomic E-state index is 12.7. The van der Waals surface area contributed by atoms with Crippen molar-refractivity contribution in [3.63, 3.8) is 0 Å². The minimum Gasteiger partial charge on any atom is -0.494 e. The molecule has 0 amide bonds. The van der Waals surface area contributed by atoms with Crippen molar-refractivity contribution in [1.82, 2.24) is 0 Å². The van der Waals surface area contributed by atoms with Gasteiger partial charge in [-0.3, -0.25) is 0 Å². The van der Waals surface area contributed by atoms with Crippen molar-refractivity contribution in [1.29, 1.82) is 0 Å². The van der Waals surface area contributed by atoms with Gasteiger partial charge in [-0.25, -0.2) is 0 Å². The first kappa shape index (κ1) is 26.4. The molecule has 0 saturated heterocycles. The van der Waals surface area contributed by atoms with Crippen LogP contribution in [-0.2, 0) is 12.6 Å². The zero-order valence-electron chi connectivity index (χ0n) is 20.1. The highest BCUT2D eigenvalue weighted by Gasteiger charge is 2.30. The average molecular weight is 480 g/mol. The molecule has 3 rings (SSSR count). The summed E-state index contributed by atoms with van der Waals surface area (Å²) >= 11 is 0. The highest BCUT2D eigenvalue weighted by molar-refractivity contribution is 5.45. The molecule has 2 nitrogen and oxygen atoms in total. The van der Waals surface area contributed by atoms with E-state index in [1.54, 1.807) is 0 Å². The molecule has 0 spiro atoms. The SMILES string of the molecule is CCCCCCCOc1ccc(C#Cc2ccc(CC(N)c3ccc(C(F)(F)F)cc3)cc2)cc1. The Labute approximate surface area is 206 Å². The number of rotatable bonds is 10. The molecule has 0 aromatic heterocycles. The van der Waals surface area contributed by atoms with Crippen LogP contribution >= 0.6 is 0 Å². The summed E-state index contributed by atoms with van der Waals surface area (Å²) in [5.41, 5.74) is 9.00. The van der Waals surface area contributed by atoms with Gasteiger partial charge < -0.3 is 10.5 Å². The van der Waals surface area contributed by atoms with Gasteiger partial charge >= 0.3 is 6.18 Å². The molecule has 184 valence electrons. The average Bonchev–Trinajstić information content (AvgIpc) is 2.86. The second kappa shape index (κ2) is 13.0. The minimum atomic E-state index is -4.34. The van der Waals surface area contributed by atoms with Crippen molar-refractivity contribution in [2.24, 2.45) is 5.73 Å². The molecule has 1 unspecified atom stereocenters. The van der Waals surface area contributed by atoms with Crippen LogP contribution < -0.4 is 10.5 Å². The molecular formula is C30H32F3NO. The van der Waals surface area contributed by atoms with E-state index in [0.29, 0.717) is 12.0 Å². The minimum absolute atomic E-state index is 0.383. The predicted molar refractivity (Wildman–Crippen MR) is 135 cm³/mol. The fourth-order valence-corrected chi connectivity index (χ4v) is 3.69. The van der Waals surface area contributed by atoms with E-state index in [0.717, 1.165) is 47.6 Å². The molecule has 3 aromatic rings. The highest BCUT2D eigenvalue weighted by Crippen LogP contribution is 2.30. The van der Waals surface area contributed by atoms with Crippen LogP contribution in [0.1, 0.15) is 72.9 Å². The molecule has 1 atom stereocenters. The van der Waals surface area contributed by atoms with Crippen LogP contribution in [0.4, 0.5) is 13.2 Å². The van der Waals surface area contributed by atoms with Gasteiger partial charge in [-0.15, -0.1) is 0 Å². The number of benzene rings is 3. The van der Waals surface area contributed by atoms with Crippen LogP contribution in [0.25, 0.3) is 0 Å². The first-order chi connectivity index (χ1) is 16.8. The number of alkyl halides is 3. The van der Waals surface area contributed by atoms with E-state index in [1.165, 1.54) is 37.8 Å². The van der Waals surface area contributed by atoms with E-state index in [4.69, 9.17) is 10.5 Å². The van der Waals surface area contributed by atoms with E-state index in [2.05, 4.69) is 18.8 Å². The topological polar surface area (TPSA) is 35.2 Å². The van der Waals surface area contributed by atoms with Crippen molar-refractivity contribution in [3.05, 3.63) is 101 Å². The third-order valence-electron chi connectivity index (χ3n) is 5.80. The summed E-state index contributed by atoms with van der Waals surface area (Å²) < 4.78 is 44.0. The van der Waals surface area contributed by atoms with Gasteiger partial charge in [0.25, 0.3) is 0 Å². The number of hydrogen-bond acceptors (Lipinski definition) is 2. The Hall–Kier alpha value is -3.23. The normalized spacial score (nSPS) is 12.0. The Kier molecular flexibility index (Phi) is 9.81. The number of hydrogen-bond donors (Lipinski definition) is 1. The number of unbranched alkanes of at least 4 members (excludes halogenated alkanes) is 4. The standard InChI is InChI=1S/C30H32F3NO/c1-2-3-4-5-6-21-35-28-19-13-24(14-20-28)8-7-23-9-11-25(12-10-23)22-29(34)26-15-17-27(18-16-26)30(31,32)33/h9-20,29H,2-6,21-22,34H2,1H3. The quantitative estimate of drug-likeness (QED) is 0.239. The second-order valence-electron chi connectivity index (χ2n) is 8.66. The second-order valence-corrected chi connectivity index (χ2v) is 8.66. The third-order valence-corrected chi connectivity index (χ3v) is 5.80. The van der Waals surface area contributed by atoms with Gasteiger partial charge in [0.2, 0.25) is 0 Å². The Bertz CT molecular complexity index is 1090. The van der Waals surface area contributed by atoms with Gasteiger partial charge in [0.1, 0.15) is 5.75 Å². The predicted octanol–water partition coefficient (Wildman–Crippen LogP) is 7.70. The lowest BCUT2D eigenvalue weighted by Crippen LogP contribution is -2.14. The first-order valence-corrected chi connectivity index (χ1v) is 12.1. The lowest BCUT2D eigenvalue weighted by atomic mass is 9.98. The molecule has 0 heterocycles. The summed E-state index contributed by atoms with van der Waals surface area (Å²) in [5.74, 6) is 7.18. The largest absolute Gasteiger partial charge is 0.494 e. The summed E-state index contributed by atoms with van der Waals surface area (Å²) in [6, 6.07) is 20.2. The highest BCUT2D eigenvalue weighted by atomic mass is 19.4. The lowest BCUT2D eigenvalue weighted by molar-refractivity contribution is -0.137. The van der Waals surface area contributed by atoms with Crippen LogP contribution in [0.2, 0.25) is 0 Å². The maximum Gasteiger partial charge on any atom is 0.416 e. The molecule has 0 fully saturated rings. The summed E-state index contributed by atoms with van der Waals surface area (Å²) in [6.45, 7) is 2.95. The molecule has 0 saturated carbocycles. The summed E-state index contributed by atoms with van der Waals surface area (Å²) in [7, 11) is 0. The van der Waals surface area contributed by atoms with Crippen LogP contribution in [0, 0.1) is 11.8 Å². The molecule has 3 aromatic carbocycles. The summed E-state index contributed by atoms with van der Waals surface area (Å²) in [4.78, 5) is 0. The lowest BCUT2D eigenvalue weighted by Gasteiger charge is -2.14. The van der Waals surface area contributed by atoms with E-state index in [9.17, 15) is 13.2 Å². The van der Waals surface area contributed by atoms with Crippen molar-refractivity contribution in [3.8, 4) is 17.6 Å². The van der Waals surface area contributed by atoms with Gasteiger partial charge in [0, 0.05) is 17.2 Å². The van der Waals surface area contributed by atoms with Crippen molar-refractivity contribution < 1.29 is 17.9 Å².